The average molecular weight is 330 g/mol. The summed E-state index contributed by atoms with van der Waals surface area (Å²) in [5.41, 5.74) is 3.35. The first-order valence-electron chi connectivity index (χ1n) is 5.72. The Labute approximate surface area is 125 Å². The van der Waals surface area contributed by atoms with Gasteiger partial charge in [-0.15, -0.1) is 12.4 Å². The van der Waals surface area contributed by atoms with E-state index >= 15 is 0 Å². The summed E-state index contributed by atoms with van der Waals surface area (Å²) in [6.45, 7) is 2.94. The van der Waals surface area contributed by atoms with Crippen molar-refractivity contribution in [1.29, 1.82) is 0 Å². The lowest BCUT2D eigenvalue weighted by Gasteiger charge is -2.29. The van der Waals surface area contributed by atoms with Crippen LogP contribution in [0.5, 0.6) is 0 Å². The molecule has 0 spiro atoms. The van der Waals surface area contributed by atoms with Gasteiger partial charge in [-0.2, -0.15) is 13.2 Å². The van der Waals surface area contributed by atoms with Gasteiger partial charge in [0.1, 0.15) is 5.82 Å². The van der Waals surface area contributed by atoms with Gasteiger partial charge in [-0.05, 0) is 31.5 Å². The molecule has 2 N–H and O–H groups in total. The quantitative estimate of drug-likeness (QED) is 0.682. The molecule has 120 valence electrons. The summed E-state index contributed by atoms with van der Waals surface area (Å²) in [5.74, 6) is -2.06. The first-order chi connectivity index (χ1) is 9.01. The van der Waals surface area contributed by atoms with E-state index in [-0.39, 0.29) is 18.0 Å². The Morgan fingerprint density at radius 2 is 1.81 bits per heavy atom. The molecule has 3 nitrogen and oxygen atoms in total. The van der Waals surface area contributed by atoms with E-state index in [0.29, 0.717) is 12.1 Å². The third-order valence-corrected chi connectivity index (χ3v) is 3.15. The van der Waals surface area contributed by atoms with Crippen molar-refractivity contribution in [2.45, 2.75) is 26.1 Å². The molecule has 0 amide bonds. The summed E-state index contributed by atoms with van der Waals surface area (Å²) in [5, 5.41) is 0. The van der Waals surface area contributed by atoms with Gasteiger partial charge in [-0.1, -0.05) is 6.07 Å². The molecule has 0 radical (unpaired) electrons. The summed E-state index contributed by atoms with van der Waals surface area (Å²) in [7, 11) is 1.17. The highest BCUT2D eigenvalue weighted by atomic mass is 35.5. The zero-order valence-corrected chi connectivity index (χ0v) is 12.4. The van der Waals surface area contributed by atoms with E-state index < -0.39 is 35.0 Å². The van der Waals surface area contributed by atoms with Gasteiger partial charge in [0.2, 0.25) is 0 Å². The number of benzene rings is 1. The number of hydrogen-bond donors (Lipinski definition) is 1. The number of halogens is 5. The zero-order chi connectivity index (χ0) is 15.7. The molecule has 0 fully saturated rings. The predicted octanol–water partition coefficient (Wildman–Crippen LogP) is 3.47. The summed E-state index contributed by atoms with van der Waals surface area (Å²) < 4.78 is 55.4. The van der Waals surface area contributed by atoms with Crippen molar-refractivity contribution in [1.82, 2.24) is 0 Å². The fraction of sp³-hybridized carbons (Fsp3) is 0.462. The van der Waals surface area contributed by atoms with Crippen LogP contribution in [0.2, 0.25) is 0 Å². The smallest absolute Gasteiger partial charge is 0.419 e. The Kier molecular flexibility index (Phi) is 6.19. The molecule has 0 saturated carbocycles. The highest BCUT2D eigenvalue weighted by Gasteiger charge is 2.38. The minimum atomic E-state index is -4.77. The van der Waals surface area contributed by atoms with Crippen LogP contribution >= 0.6 is 12.4 Å². The van der Waals surface area contributed by atoms with E-state index in [0.717, 1.165) is 6.07 Å². The highest BCUT2D eigenvalue weighted by Crippen LogP contribution is 2.36. The topological polar surface area (TPSA) is 52.3 Å². The Hall–Kier alpha value is -1.34. The van der Waals surface area contributed by atoms with E-state index in [9.17, 15) is 22.4 Å². The molecular weight excluding hydrogens is 314 g/mol. The maximum atomic E-state index is 13.5. The van der Waals surface area contributed by atoms with Crippen LogP contribution in [0.1, 0.15) is 31.0 Å². The van der Waals surface area contributed by atoms with Gasteiger partial charge < -0.3 is 10.5 Å². The number of methoxy groups -OCH3 is 1. The normalized spacial score (nSPS) is 13.3. The number of nitrogens with two attached hydrogens (primary N) is 1. The van der Waals surface area contributed by atoms with Crippen LogP contribution in [0.3, 0.4) is 0 Å². The molecule has 0 aliphatic heterocycles. The summed E-state index contributed by atoms with van der Waals surface area (Å²) >= 11 is 0. The minimum absolute atomic E-state index is 0. The van der Waals surface area contributed by atoms with Crippen molar-refractivity contribution in [2.24, 2.45) is 11.1 Å². The third-order valence-electron chi connectivity index (χ3n) is 3.15. The second-order valence-corrected chi connectivity index (χ2v) is 4.93. The zero-order valence-electron chi connectivity index (χ0n) is 11.6. The van der Waals surface area contributed by atoms with E-state index in [1.807, 2.05) is 0 Å². The first kappa shape index (κ1) is 19.7. The van der Waals surface area contributed by atoms with Gasteiger partial charge in [-0.25, -0.2) is 4.39 Å². The molecule has 0 aliphatic carbocycles. The second kappa shape index (κ2) is 6.62. The standard InChI is InChI=1S/C13H15F4NO2.ClH/c1-12(2,11(19)20-3)10(18)7-4-5-8(9(14)6-7)13(15,16)17;/h4-6,10H,18H2,1-3H3;1H/t10-;/m1./s1. The molecule has 1 aromatic rings. The van der Waals surface area contributed by atoms with Crippen LogP contribution in [0, 0.1) is 11.2 Å². The lowest BCUT2D eigenvalue weighted by Crippen LogP contribution is -2.37. The van der Waals surface area contributed by atoms with Gasteiger partial charge in [0.15, 0.2) is 0 Å². The maximum Gasteiger partial charge on any atom is 0.419 e. The molecule has 0 heterocycles. The molecule has 1 atom stereocenters. The molecule has 0 unspecified atom stereocenters. The Bertz CT molecular complexity index is 517. The molecular formula is C13H16ClF4NO2. The van der Waals surface area contributed by atoms with Gasteiger partial charge in [-0.3, -0.25) is 4.79 Å². The number of alkyl halides is 3. The van der Waals surface area contributed by atoms with Gasteiger partial charge in [0, 0.05) is 6.04 Å². The minimum Gasteiger partial charge on any atom is -0.469 e. The first-order valence-corrected chi connectivity index (χ1v) is 5.72. The van der Waals surface area contributed by atoms with Crippen molar-refractivity contribution >= 4 is 18.4 Å². The monoisotopic (exact) mass is 329 g/mol. The number of carbonyl (C=O) groups is 1. The van der Waals surface area contributed by atoms with E-state index in [4.69, 9.17) is 5.73 Å². The Morgan fingerprint density at radius 3 is 2.19 bits per heavy atom. The lowest BCUT2D eigenvalue weighted by atomic mass is 9.81. The fourth-order valence-corrected chi connectivity index (χ4v) is 1.76. The van der Waals surface area contributed by atoms with Crippen molar-refractivity contribution in [3.63, 3.8) is 0 Å². The van der Waals surface area contributed by atoms with Gasteiger partial charge >= 0.3 is 12.1 Å². The molecule has 1 rings (SSSR count). The summed E-state index contributed by atoms with van der Waals surface area (Å²) in [6, 6.07) is 1.36. The SMILES string of the molecule is COC(=O)C(C)(C)[C@H](N)c1ccc(C(F)(F)F)c(F)c1.Cl. The van der Waals surface area contributed by atoms with Crippen molar-refractivity contribution in [2.75, 3.05) is 7.11 Å². The van der Waals surface area contributed by atoms with Gasteiger partial charge in [0.25, 0.3) is 0 Å². The van der Waals surface area contributed by atoms with Crippen molar-refractivity contribution in [3.05, 3.63) is 35.1 Å². The predicted molar refractivity (Wildman–Crippen MR) is 71.4 cm³/mol. The number of hydrogen-bond acceptors (Lipinski definition) is 3. The van der Waals surface area contributed by atoms with E-state index in [1.165, 1.54) is 21.0 Å². The highest BCUT2D eigenvalue weighted by molar-refractivity contribution is 5.85. The molecule has 1 aromatic carbocycles. The number of carbonyl (C=O) groups excluding carboxylic acids is 1. The van der Waals surface area contributed by atoms with Crippen LogP contribution < -0.4 is 5.73 Å². The Morgan fingerprint density at radius 1 is 1.29 bits per heavy atom. The van der Waals surface area contributed by atoms with Crippen molar-refractivity contribution < 1.29 is 27.1 Å². The molecule has 21 heavy (non-hydrogen) atoms. The van der Waals surface area contributed by atoms with Crippen LogP contribution in [0.4, 0.5) is 17.6 Å². The molecule has 0 aliphatic rings. The summed E-state index contributed by atoms with van der Waals surface area (Å²) in [6.07, 6.45) is -4.77. The average Bonchev–Trinajstić information content (AvgIpc) is 2.34. The third kappa shape index (κ3) is 4.07. The molecule has 8 heteroatoms. The maximum absolute atomic E-state index is 13.5. The molecule has 0 aromatic heterocycles. The van der Waals surface area contributed by atoms with Crippen LogP contribution in [-0.4, -0.2) is 13.1 Å². The number of rotatable bonds is 3. The summed E-state index contributed by atoms with van der Waals surface area (Å²) in [4.78, 5) is 11.6. The Balaban J connectivity index is 0.00000400. The fourth-order valence-electron chi connectivity index (χ4n) is 1.76. The largest absolute Gasteiger partial charge is 0.469 e. The van der Waals surface area contributed by atoms with Crippen LogP contribution in [0.15, 0.2) is 18.2 Å². The van der Waals surface area contributed by atoms with Crippen LogP contribution in [0.25, 0.3) is 0 Å². The van der Waals surface area contributed by atoms with Crippen LogP contribution in [-0.2, 0) is 15.7 Å². The number of esters is 1. The van der Waals surface area contributed by atoms with Crippen molar-refractivity contribution in [3.8, 4) is 0 Å². The molecule has 0 saturated heterocycles. The molecule has 0 bridgehead atoms. The second-order valence-electron chi connectivity index (χ2n) is 4.93. The van der Waals surface area contributed by atoms with E-state index in [1.54, 1.807) is 0 Å². The lowest BCUT2D eigenvalue weighted by molar-refractivity contribution is -0.152. The van der Waals surface area contributed by atoms with Gasteiger partial charge in [0.05, 0.1) is 18.1 Å². The number of ether oxygens (including phenoxy) is 1. The van der Waals surface area contributed by atoms with E-state index in [2.05, 4.69) is 4.74 Å².